The van der Waals surface area contributed by atoms with Crippen molar-refractivity contribution in [3.8, 4) is 5.88 Å². The van der Waals surface area contributed by atoms with Gasteiger partial charge in [-0.25, -0.2) is 4.39 Å². The van der Waals surface area contributed by atoms with E-state index in [0.29, 0.717) is 5.65 Å². The third kappa shape index (κ3) is 3.83. The lowest BCUT2D eigenvalue weighted by Crippen LogP contribution is -2.31. The summed E-state index contributed by atoms with van der Waals surface area (Å²) in [6, 6.07) is 10.6. The summed E-state index contributed by atoms with van der Waals surface area (Å²) in [7, 11) is 1.51. The van der Waals surface area contributed by atoms with Crippen molar-refractivity contribution in [1.29, 1.82) is 0 Å². The Balaban J connectivity index is 1.68. The van der Waals surface area contributed by atoms with Crippen LogP contribution in [-0.4, -0.2) is 33.8 Å². The van der Waals surface area contributed by atoms with Gasteiger partial charge in [0.15, 0.2) is 6.61 Å². The molecule has 2 heterocycles. The van der Waals surface area contributed by atoms with Gasteiger partial charge < -0.3 is 9.64 Å². The van der Waals surface area contributed by atoms with E-state index in [2.05, 4.69) is 4.98 Å². The van der Waals surface area contributed by atoms with Gasteiger partial charge in [-0.2, -0.15) is 4.98 Å². The summed E-state index contributed by atoms with van der Waals surface area (Å²) >= 11 is 5.97. The van der Waals surface area contributed by atoms with Crippen molar-refractivity contribution in [3.05, 3.63) is 75.4 Å². The summed E-state index contributed by atoms with van der Waals surface area (Å²) in [4.78, 5) is 29.7. The van der Waals surface area contributed by atoms with Crippen LogP contribution in [0, 0.1) is 5.82 Å². The molecule has 0 aliphatic rings. The quantitative estimate of drug-likeness (QED) is 0.687. The van der Waals surface area contributed by atoms with Gasteiger partial charge in [-0.3, -0.25) is 14.0 Å². The summed E-state index contributed by atoms with van der Waals surface area (Å²) in [5.41, 5.74) is 0.325. The van der Waals surface area contributed by atoms with Crippen LogP contribution >= 0.6 is 11.6 Å². The number of hydrogen-bond donors (Lipinski definition) is 0. The van der Waals surface area contributed by atoms with Crippen LogP contribution in [0.2, 0.25) is 5.02 Å². The van der Waals surface area contributed by atoms with Crippen molar-refractivity contribution in [2.75, 3.05) is 13.7 Å². The number of aromatic nitrogens is 2. The first kappa shape index (κ1) is 17.9. The van der Waals surface area contributed by atoms with E-state index in [0.717, 1.165) is 0 Å². The van der Waals surface area contributed by atoms with Gasteiger partial charge in [0.2, 0.25) is 5.88 Å². The Bertz CT molecular complexity index is 1000. The predicted octanol–water partition coefficient (Wildman–Crippen LogP) is 2.52. The highest BCUT2D eigenvalue weighted by molar-refractivity contribution is 6.31. The molecule has 0 spiro atoms. The molecule has 0 unspecified atom stereocenters. The zero-order chi connectivity index (χ0) is 18.7. The number of amides is 1. The first-order valence-electron chi connectivity index (χ1n) is 7.74. The van der Waals surface area contributed by atoms with Crippen molar-refractivity contribution in [2.24, 2.45) is 0 Å². The number of hydrogen-bond acceptors (Lipinski definition) is 4. The number of ether oxygens (including phenoxy) is 1. The fourth-order valence-electron chi connectivity index (χ4n) is 2.36. The van der Waals surface area contributed by atoms with Crippen molar-refractivity contribution in [3.63, 3.8) is 0 Å². The minimum atomic E-state index is -0.484. The summed E-state index contributed by atoms with van der Waals surface area (Å²) in [5.74, 6) is -0.839. The highest BCUT2D eigenvalue weighted by atomic mass is 35.5. The SMILES string of the molecule is CN(Cc1c(F)cccc1Cl)C(=O)COc1cc(=O)n2ccccc2n1. The molecule has 3 rings (SSSR count). The van der Waals surface area contributed by atoms with Gasteiger partial charge in [0.25, 0.3) is 11.5 Å². The molecule has 1 amide bonds. The number of halogens is 2. The van der Waals surface area contributed by atoms with Crippen LogP contribution in [0.4, 0.5) is 4.39 Å². The third-order valence-corrected chi connectivity index (χ3v) is 4.13. The van der Waals surface area contributed by atoms with Gasteiger partial charge in [-0.15, -0.1) is 0 Å². The van der Waals surface area contributed by atoms with E-state index in [1.54, 1.807) is 30.5 Å². The minimum Gasteiger partial charge on any atom is -0.467 e. The molecule has 0 saturated heterocycles. The van der Waals surface area contributed by atoms with Gasteiger partial charge >= 0.3 is 0 Å². The highest BCUT2D eigenvalue weighted by Gasteiger charge is 2.15. The molecule has 8 heteroatoms. The summed E-state index contributed by atoms with van der Waals surface area (Å²) in [6.07, 6.45) is 1.59. The maximum absolute atomic E-state index is 13.8. The molecule has 0 radical (unpaired) electrons. The standard InChI is InChI=1S/C18H15ClFN3O3/c1-22(10-12-13(19)5-4-6-14(12)20)18(25)11-26-16-9-17(24)23-8-3-2-7-15(23)21-16/h2-9H,10-11H2,1H3. The van der Waals surface area contributed by atoms with Crippen molar-refractivity contribution >= 4 is 23.2 Å². The predicted molar refractivity (Wildman–Crippen MR) is 94.8 cm³/mol. The van der Waals surface area contributed by atoms with E-state index >= 15 is 0 Å². The number of pyridine rings is 1. The van der Waals surface area contributed by atoms with Crippen LogP contribution in [0.15, 0.2) is 53.5 Å². The number of carbonyl (C=O) groups excluding carboxylic acids is 1. The smallest absolute Gasteiger partial charge is 0.261 e. The van der Waals surface area contributed by atoms with Crippen LogP contribution in [0.5, 0.6) is 5.88 Å². The van der Waals surface area contributed by atoms with E-state index in [1.807, 2.05) is 0 Å². The molecule has 3 aromatic rings. The number of carbonyl (C=O) groups is 1. The molecular formula is C18H15ClFN3O3. The number of likely N-dealkylation sites (N-methyl/N-ethyl adjacent to an activating group) is 1. The van der Waals surface area contributed by atoms with E-state index in [1.165, 1.54) is 34.5 Å². The number of nitrogens with zero attached hydrogens (tertiary/aromatic N) is 3. The molecule has 2 aromatic heterocycles. The Hall–Kier alpha value is -2.93. The molecule has 6 nitrogen and oxygen atoms in total. The van der Waals surface area contributed by atoms with Gasteiger partial charge in [0.05, 0.1) is 6.07 Å². The van der Waals surface area contributed by atoms with E-state index < -0.39 is 11.7 Å². The van der Waals surface area contributed by atoms with Crippen LogP contribution in [0.25, 0.3) is 5.65 Å². The molecule has 1 aromatic carbocycles. The lowest BCUT2D eigenvalue weighted by atomic mass is 10.2. The lowest BCUT2D eigenvalue weighted by Gasteiger charge is -2.18. The second-order valence-electron chi connectivity index (χ2n) is 5.60. The Morgan fingerprint density at radius 1 is 1.31 bits per heavy atom. The maximum Gasteiger partial charge on any atom is 0.261 e. The van der Waals surface area contributed by atoms with E-state index in [-0.39, 0.29) is 35.2 Å². The second-order valence-corrected chi connectivity index (χ2v) is 6.01. The zero-order valence-electron chi connectivity index (χ0n) is 13.9. The van der Waals surface area contributed by atoms with Crippen LogP contribution in [0.1, 0.15) is 5.56 Å². The minimum absolute atomic E-state index is 0.00149. The van der Waals surface area contributed by atoms with Crippen LogP contribution in [-0.2, 0) is 11.3 Å². The molecule has 0 bridgehead atoms. The van der Waals surface area contributed by atoms with Crippen molar-refractivity contribution in [2.45, 2.75) is 6.54 Å². The van der Waals surface area contributed by atoms with Crippen molar-refractivity contribution < 1.29 is 13.9 Å². The highest BCUT2D eigenvalue weighted by Crippen LogP contribution is 2.20. The normalized spacial score (nSPS) is 10.7. The molecule has 0 aliphatic heterocycles. The van der Waals surface area contributed by atoms with Gasteiger partial charge in [0, 0.05) is 30.4 Å². The Morgan fingerprint density at radius 3 is 2.88 bits per heavy atom. The average molecular weight is 376 g/mol. The van der Waals surface area contributed by atoms with Crippen LogP contribution in [0.3, 0.4) is 0 Å². The summed E-state index contributed by atoms with van der Waals surface area (Å²) in [6.45, 7) is -0.334. The number of fused-ring (bicyclic) bond motifs is 1. The second kappa shape index (κ2) is 7.53. The van der Waals surface area contributed by atoms with E-state index in [4.69, 9.17) is 16.3 Å². The summed E-state index contributed by atoms with van der Waals surface area (Å²) < 4.78 is 20.5. The van der Waals surface area contributed by atoms with Gasteiger partial charge in [-0.1, -0.05) is 23.7 Å². The Labute approximate surface area is 153 Å². The lowest BCUT2D eigenvalue weighted by molar-refractivity contribution is -0.132. The number of rotatable bonds is 5. The molecule has 0 aliphatic carbocycles. The van der Waals surface area contributed by atoms with Crippen LogP contribution < -0.4 is 10.3 Å². The largest absolute Gasteiger partial charge is 0.467 e. The third-order valence-electron chi connectivity index (χ3n) is 3.77. The monoisotopic (exact) mass is 375 g/mol. The fraction of sp³-hybridized carbons (Fsp3) is 0.167. The Kier molecular flexibility index (Phi) is 5.18. The molecule has 26 heavy (non-hydrogen) atoms. The fourth-order valence-corrected chi connectivity index (χ4v) is 2.58. The maximum atomic E-state index is 13.8. The van der Waals surface area contributed by atoms with E-state index in [9.17, 15) is 14.0 Å². The zero-order valence-corrected chi connectivity index (χ0v) is 14.6. The molecule has 134 valence electrons. The molecule has 0 saturated carbocycles. The number of benzene rings is 1. The van der Waals surface area contributed by atoms with Crippen molar-refractivity contribution in [1.82, 2.24) is 14.3 Å². The molecule has 0 N–H and O–H groups in total. The molecule has 0 atom stereocenters. The average Bonchev–Trinajstić information content (AvgIpc) is 2.62. The Morgan fingerprint density at radius 2 is 2.12 bits per heavy atom. The molecular weight excluding hydrogens is 361 g/mol. The topological polar surface area (TPSA) is 63.9 Å². The summed E-state index contributed by atoms with van der Waals surface area (Å²) in [5, 5.41) is 0.245. The van der Waals surface area contributed by atoms with Gasteiger partial charge in [0.1, 0.15) is 11.5 Å². The first-order chi connectivity index (χ1) is 12.5. The van der Waals surface area contributed by atoms with Gasteiger partial charge in [-0.05, 0) is 24.3 Å². The molecule has 0 fully saturated rings. The first-order valence-corrected chi connectivity index (χ1v) is 8.11.